The predicted molar refractivity (Wildman–Crippen MR) is 99.1 cm³/mol. The summed E-state index contributed by atoms with van der Waals surface area (Å²) in [5.74, 6) is -0.884. The van der Waals surface area contributed by atoms with E-state index in [-0.39, 0.29) is 11.4 Å². The van der Waals surface area contributed by atoms with E-state index in [1.165, 1.54) is 0 Å². The zero-order valence-corrected chi connectivity index (χ0v) is 14.8. The molecule has 2 aromatic carbocycles. The van der Waals surface area contributed by atoms with Crippen LogP contribution in [0.2, 0.25) is 10.0 Å². The van der Waals surface area contributed by atoms with Crippen molar-refractivity contribution in [1.29, 1.82) is 0 Å². The molecule has 0 radical (unpaired) electrons. The zero-order valence-electron chi connectivity index (χ0n) is 13.3. The number of hydrogen-bond acceptors (Lipinski definition) is 3. The van der Waals surface area contributed by atoms with Gasteiger partial charge < -0.3 is 15.5 Å². The molecule has 0 fully saturated rings. The Morgan fingerprint density at radius 1 is 0.958 bits per heavy atom. The van der Waals surface area contributed by atoms with Crippen molar-refractivity contribution in [2.24, 2.45) is 0 Å². The predicted octanol–water partition coefficient (Wildman–Crippen LogP) is 4.03. The Bertz CT molecular complexity index is 746. The van der Waals surface area contributed by atoms with E-state index in [1.807, 2.05) is 31.1 Å². The molecule has 0 unspecified atom stereocenters. The molecule has 7 heteroatoms. The van der Waals surface area contributed by atoms with E-state index in [0.29, 0.717) is 16.4 Å². The fraction of sp³-hybridized carbons (Fsp3) is 0.176. The van der Waals surface area contributed by atoms with Gasteiger partial charge in [-0.05, 0) is 36.4 Å². The van der Waals surface area contributed by atoms with Crippen molar-refractivity contribution in [3.8, 4) is 0 Å². The molecule has 0 aromatic heterocycles. The van der Waals surface area contributed by atoms with Gasteiger partial charge in [0, 0.05) is 25.5 Å². The van der Waals surface area contributed by atoms with Crippen molar-refractivity contribution in [1.82, 2.24) is 0 Å². The van der Waals surface area contributed by atoms with Gasteiger partial charge in [0.1, 0.15) is 6.42 Å². The normalized spacial score (nSPS) is 10.2. The van der Waals surface area contributed by atoms with Gasteiger partial charge in [-0.2, -0.15) is 0 Å². The average molecular weight is 366 g/mol. The Labute approximate surface area is 150 Å². The summed E-state index contributed by atoms with van der Waals surface area (Å²) in [5.41, 5.74) is 2.01. The molecule has 0 saturated carbocycles. The molecule has 2 rings (SSSR count). The second-order valence-electron chi connectivity index (χ2n) is 5.32. The molecule has 2 N–H and O–H groups in total. The van der Waals surface area contributed by atoms with Gasteiger partial charge in [-0.25, -0.2) is 0 Å². The molecular weight excluding hydrogens is 349 g/mol. The lowest BCUT2D eigenvalue weighted by Crippen LogP contribution is -2.21. The SMILES string of the molecule is CN(C)c1ccc(NC(=O)CC(=O)Nc2cccc(Cl)c2Cl)cc1. The van der Waals surface area contributed by atoms with E-state index in [2.05, 4.69) is 10.6 Å². The molecule has 5 nitrogen and oxygen atoms in total. The second kappa shape index (κ2) is 8.04. The zero-order chi connectivity index (χ0) is 17.7. The van der Waals surface area contributed by atoms with Gasteiger partial charge in [-0.3, -0.25) is 9.59 Å². The number of carbonyl (C=O) groups excluding carboxylic acids is 2. The lowest BCUT2D eigenvalue weighted by molar-refractivity contribution is -0.123. The number of nitrogens with zero attached hydrogens (tertiary/aromatic N) is 1. The quantitative estimate of drug-likeness (QED) is 0.786. The molecule has 24 heavy (non-hydrogen) atoms. The first-order valence-corrected chi connectivity index (χ1v) is 7.93. The van der Waals surface area contributed by atoms with Crippen LogP contribution in [-0.4, -0.2) is 25.9 Å². The van der Waals surface area contributed by atoms with Crippen molar-refractivity contribution in [3.63, 3.8) is 0 Å². The van der Waals surface area contributed by atoms with Crippen molar-refractivity contribution < 1.29 is 9.59 Å². The van der Waals surface area contributed by atoms with Crippen LogP contribution in [0.25, 0.3) is 0 Å². The summed E-state index contributed by atoms with van der Waals surface area (Å²) in [5, 5.41) is 5.82. The minimum Gasteiger partial charge on any atom is -0.378 e. The molecule has 2 aromatic rings. The molecule has 0 saturated heterocycles. The summed E-state index contributed by atoms with van der Waals surface area (Å²) in [7, 11) is 3.86. The summed E-state index contributed by atoms with van der Waals surface area (Å²) in [6.45, 7) is 0. The van der Waals surface area contributed by atoms with Gasteiger partial charge in [0.25, 0.3) is 0 Å². The molecule has 0 bridgehead atoms. The fourth-order valence-corrected chi connectivity index (χ4v) is 2.34. The van der Waals surface area contributed by atoms with Gasteiger partial charge in [-0.1, -0.05) is 29.3 Å². The maximum absolute atomic E-state index is 11.9. The van der Waals surface area contributed by atoms with Crippen LogP contribution in [0.5, 0.6) is 0 Å². The number of amides is 2. The second-order valence-corrected chi connectivity index (χ2v) is 6.10. The van der Waals surface area contributed by atoms with Crippen LogP contribution in [0, 0.1) is 0 Å². The number of hydrogen-bond donors (Lipinski definition) is 2. The third-order valence-corrected chi connectivity index (χ3v) is 4.03. The molecule has 0 aliphatic heterocycles. The van der Waals surface area contributed by atoms with Gasteiger partial charge in [0.05, 0.1) is 15.7 Å². The smallest absolute Gasteiger partial charge is 0.233 e. The summed E-state index contributed by atoms with van der Waals surface area (Å²) >= 11 is 11.9. The summed E-state index contributed by atoms with van der Waals surface area (Å²) < 4.78 is 0. The maximum Gasteiger partial charge on any atom is 0.233 e. The van der Waals surface area contributed by atoms with E-state index in [4.69, 9.17) is 23.2 Å². The Morgan fingerprint density at radius 3 is 2.21 bits per heavy atom. The van der Waals surface area contributed by atoms with Crippen molar-refractivity contribution in [2.45, 2.75) is 6.42 Å². The van der Waals surface area contributed by atoms with Crippen LogP contribution < -0.4 is 15.5 Å². The third-order valence-electron chi connectivity index (χ3n) is 3.21. The first-order chi connectivity index (χ1) is 11.4. The summed E-state index contributed by atoms with van der Waals surface area (Å²) in [6.07, 6.45) is -0.321. The van der Waals surface area contributed by atoms with Crippen LogP contribution in [-0.2, 0) is 9.59 Å². The van der Waals surface area contributed by atoms with Crippen LogP contribution >= 0.6 is 23.2 Å². The van der Waals surface area contributed by atoms with E-state index in [1.54, 1.807) is 30.3 Å². The average Bonchev–Trinajstić information content (AvgIpc) is 2.52. The van der Waals surface area contributed by atoms with Crippen molar-refractivity contribution in [3.05, 3.63) is 52.5 Å². The standard InChI is InChI=1S/C17H17Cl2N3O2/c1-22(2)12-8-6-11(7-9-12)20-15(23)10-16(24)21-14-5-3-4-13(18)17(14)19/h3-9H,10H2,1-2H3,(H,20,23)(H,21,24). The number of carbonyl (C=O) groups is 2. The first-order valence-electron chi connectivity index (χ1n) is 7.18. The largest absolute Gasteiger partial charge is 0.378 e. The molecular formula is C17H17Cl2N3O2. The lowest BCUT2D eigenvalue weighted by Gasteiger charge is -2.13. The lowest BCUT2D eigenvalue weighted by atomic mass is 10.2. The Kier molecular flexibility index (Phi) is 6.06. The highest BCUT2D eigenvalue weighted by Gasteiger charge is 2.12. The Hall–Kier alpha value is -2.24. The van der Waals surface area contributed by atoms with Gasteiger partial charge in [0.2, 0.25) is 11.8 Å². The minimum atomic E-state index is -0.471. The third kappa shape index (κ3) is 4.88. The van der Waals surface area contributed by atoms with Gasteiger partial charge in [0.15, 0.2) is 0 Å². The molecule has 126 valence electrons. The number of rotatable bonds is 5. The fourth-order valence-electron chi connectivity index (χ4n) is 1.99. The number of benzene rings is 2. The molecule has 0 spiro atoms. The van der Waals surface area contributed by atoms with E-state index in [0.717, 1.165) is 5.69 Å². The van der Waals surface area contributed by atoms with Gasteiger partial charge >= 0.3 is 0 Å². The maximum atomic E-state index is 11.9. The van der Waals surface area contributed by atoms with Crippen LogP contribution in [0.15, 0.2) is 42.5 Å². The van der Waals surface area contributed by atoms with Crippen molar-refractivity contribution >= 4 is 52.1 Å². The van der Waals surface area contributed by atoms with E-state index >= 15 is 0 Å². The highest BCUT2D eigenvalue weighted by Crippen LogP contribution is 2.29. The topological polar surface area (TPSA) is 61.4 Å². The van der Waals surface area contributed by atoms with Crippen molar-refractivity contribution in [2.75, 3.05) is 29.6 Å². The summed E-state index contributed by atoms with van der Waals surface area (Å²) in [4.78, 5) is 25.8. The highest BCUT2D eigenvalue weighted by atomic mass is 35.5. The number of nitrogens with one attached hydrogen (secondary N) is 2. The van der Waals surface area contributed by atoms with Crippen LogP contribution in [0.1, 0.15) is 6.42 Å². The number of halogens is 2. The van der Waals surface area contributed by atoms with E-state index in [9.17, 15) is 9.59 Å². The Balaban J connectivity index is 1.92. The molecule has 0 atom stereocenters. The summed E-state index contributed by atoms with van der Waals surface area (Å²) in [6, 6.07) is 12.2. The molecule has 0 heterocycles. The van der Waals surface area contributed by atoms with Gasteiger partial charge in [-0.15, -0.1) is 0 Å². The van der Waals surface area contributed by atoms with Crippen LogP contribution in [0.4, 0.5) is 17.1 Å². The molecule has 2 amide bonds. The Morgan fingerprint density at radius 2 is 1.58 bits per heavy atom. The van der Waals surface area contributed by atoms with Crippen LogP contribution in [0.3, 0.4) is 0 Å². The molecule has 0 aliphatic carbocycles. The molecule has 0 aliphatic rings. The van der Waals surface area contributed by atoms with E-state index < -0.39 is 11.8 Å². The minimum absolute atomic E-state index is 0.243. The highest BCUT2D eigenvalue weighted by molar-refractivity contribution is 6.44. The first kappa shape index (κ1) is 18.1. The monoisotopic (exact) mass is 365 g/mol. The number of anilines is 3.